The van der Waals surface area contributed by atoms with E-state index in [0.717, 1.165) is 15.4 Å². The molecule has 3 nitrogen and oxygen atoms in total. The van der Waals surface area contributed by atoms with E-state index < -0.39 is 0 Å². The quantitative estimate of drug-likeness (QED) is 0.147. The Morgan fingerprint density at radius 1 is 0.700 bits per heavy atom. The van der Waals surface area contributed by atoms with Crippen LogP contribution >= 0.6 is 19.5 Å². The van der Waals surface area contributed by atoms with Crippen molar-refractivity contribution in [1.82, 2.24) is 9.97 Å². The Kier molecular flexibility index (Phi) is 25.1. The number of pyridine rings is 2. The van der Waals surface area contributed by atoms with E-state index >= 15 is 0 Å². The maximum Gasteiger partial charge on any atom is 1.00 e. The number of nitrogens with zero attached hydrogens (tertiary/aromatic N) is 2. The second-order valence-electron chi connectivity index (χ2n) is 8.26. The molecule has 0 aliphatic carbocycles. The van der Waals surface area contributed by atoms with Gasteiger partial charge in [0.2, 0.25) is 0 Å². The van der Waals surface area contributed by atoms with Gasteiger partial charge in [-0.05, 0) is 40.9 Å². The van der Waals surface area contributed by atoms with E-state index in [9.17, 15) is 0 Å². The fourth-order valence-corrected chi connectivity index (χ4v) is 6.84. The Morgan fingerprint density at radius 2 is 1.07 bits per heavy atom. The van der Waals surface area contributed by atoms with Crippen molar-refractivity contribution in [3.05, 3.63) is 131 Å². The Morgan fingerprint density at radius 3 is 1.40 bits per heavy atom. The topological polar surface area (TPSA) is 49.6 Å². The molecule has 40 heavy (non-hydrogen) atoms. The summed E-state index contributed by atoms with van der Waals surface area (Å²) in [6.45, 7) is 9.20. The van der Waals surface area contributed by atoms with Gasteiger partial charge in [0.1, 0.15) is 0 Å². The molecule has 5 rings (SSSR count). The molecule has 0 unspecified atom stereocenters. The van der Waals surface area contributed by atoms with Crippen molar-refractivity contribution < 1.29 is 64.4 Å². The molecule has 1 aliphatic heterocycles. The summed E-state index contributed by atoms with van der Waals surface area (Å²) in [5.41, 5.74) is 3.99. The van der Waals surface area contributed by atoms with Crippen LogP contribution in [0.2, 0.25) is 0 Å². The molecule has 4 aromatic rings. The molecule has 0 amide bonds. The van der Waals surface area contributed by atoms with Crippen molar-refractivity contribution in [1.29, 1.82) is 5.41 Å². The molecule has 217 valence electrons. The predicted molar refractivity (Wildman–Crippen MR) is 153 cm³/mol. The van der Waals surface area contributed by atoms with E-state index in [4.69, 9.17) is 17.0 Å². The summed E-state index contributed by atoms with van der Waals surface area (Å²) in [4.78, 5) is 7.57. The van der Waals surface area contributed by atoms with Gasteiger partial charge >= 0.3 is 43.9 Å². The molecular formula is C30H34Cl5N3PRu. The zero-order chi connectivity index (χ0) is 26.9. The number of nitrogens with one attached hydrogen (secondary N) is 1. The van der Waals surface area contributed by atoms with Crippen LogP contribution in [0.3, 0.4) is 0 Å². The summed E-state index contributed by atoms with van der Waals surface area (Å²) in [5, 5.41) is 9.96. The molecule has 0 saturated carbocycles. The Bertz CT molecular complexity index is 1050. The van der Waals surface area contributed by atoms with Crippen molar-refractivity contribution in [2.45, 2.75) is 39.0 Å². The molecule has 3 heterocycles. The van der Waals surface area contributed by atoms with Gasteiger partial charge in [-0.1, -0.05) is 102 Å². The van der Waals surface area contributed by atoms with E-state index in [0.29, 0.717) is 17.0 Å². The van der Waals surface area contributed by atoms with Crippen LogP contribution in [-0.4, -0.2) is 27.0 Å². The van der Waals surface area contributed by atoms with Crippen molar-refractivity contribution in [2.75, 3.05) is 0 Å². The number of rotatable bonds is 5. The molecule has 1 saturated heterocycles. The van der Waals surface area contributed by atoms with Crippen molar-refractivity contribution >= 4 is 30.5 Å². The van der Waals surface area contributed by atoms with E-state index in [2.05, 4.69) is 55.9 Å². The normalized spacial score (nSPS) is 11.0. The van der Waals surface area contributed by atoms with Crippen molar-refractivity contribution in [2.24, 2.45) is 0 Å². The average Bonchev–Trinajstić information content (AvgIpc) is 3.74. The van der Waals surface area contributed by atoms with Crippen LogP contribution in [0.15, 0.2) is 116 Å². The number of hydrogen-bond donors (Lipinski definition) is 1. The van der Waals surface area contributed by atoms with Gasteiger partial charge < -0.3 is 24.8 Å². The third kappa shape index (κ3) is 17.0. The fourth-order valence-electron chi connectivity index (χ4n) is 3.46. The van der Waals surface area contributed by atoms with Crippen LogP contribution in [0.4, 0.5) is 0 Å². The smallest absolute Gasteiger partial charge is 1.00 e. The first-order chi connectivity index (χ1) is 17.9. The molecule has 2 aromatic carbocycles. The number of aromatic nitrogens is 2. The molecule has 1 aliphatic rings. The first-order valence-corrected chi connectivity index (χ1v) is 15.7. The van der Waals surface area contributed by atoms with Gasteiger partial charge in [0.15, 0.2) is 0 Å². The van der Waals surface area contributed by atoms with Crippen LogP contribution < -0.4 is 30.1 Å². The summed E-state index contributed by atoms with van der Waals surface area (Å²) < 4.78 is 0.861. The molecule has 10 heteroatoms. The molecule has 1 fully saturated rings. The van der Waals surface area contributed by atoms with Crippen LogP contribution in [0.1, 0.15) is 38.8 Å². The fraction of sp³-hybridized carbons (Fsp3) is 0.200. The maximum absolute atomic E-state index is 8.60. The van der Waals surface area contributed by atoms with Crippen molar-refractivity contribution in [3.8, 4) is 0 Å². The standard InChI is InChI=1S/C19H24NP.2C5H5N.CCl3.2ClH.Ru/c1-14(2)21(15(3)4)18-13-9-8-12-17(18)19(20)16-10-6-5-7-11-16;2*1-2-4-6-5-3-1;2-1-3-4-1;;;/h5-15,20H,1-4H3;2*1-5H;;2*1H;/q;;;+1;;;+1/p-2. The van der Waals surface area contributed by atoms with E-state index in [1.165, 1.54) is 5.30 Å². The van der Waals surface area contributed by atoms with Gasteiger partial charge in [0.05, 0.1) is 5.71 Å². The molecule has 0 spiro atoms. The molecule has 2 aromatic heterocycles. The van der Waals surface area contributed by atoms with Crippen LogP contribution in [0.25, 0.3) is 0 Å². The van der Waals surface area contributed by atoms with Gasteiger partial charge in [-0.15, -0.1) is 0 Å². The first kappa shape index (κ1) is 41.1. The second-order valence-corrected chi connectivity index (χ2v) is 14.5. The number of hydrogen-bond acceptors (Lipinski definition) is 3. The Balaban J connectivity index is 0. The Hall–Kier alpha value is -1.09. The SMILES string of the molecule is CC(C)P(c1ccccc1C(=N)c1ccccc1)C(C)C.Cl[C-]1[Cl+][Cl+]1.[Cl-].[Cl-].[Ru+].c1ccncc1.c1ccncc1. The van der Waals surface area contributed by atoms with Gasteiger partial charge in [0, 0.05) is 35.9 Å². The largest absolute Gasteiger partial charge is 1.00 e. The molecule has 0 atom stereocenters. The number of benzene rings is 2. The molecule has 1 N–H and O–H groups in total. The summed E-state index contributed by atoms with van der Waals surface area (Å²) in [6.07, 6.45) is 7.00. The monoisotopic (exact) mass is 744 g/mol. The van der Waals surface area contributed by atoms with Crippen molar-refractivity contribution in [3.63, 3.8) is 0 Å². The van der Waals surface area contributed by atoms with Gasteiger partial charge in [0.25, 0.3) is 0 Å². The minimum absolute atomic E-state index is 0. The zero-order valence-corrected chi connectivity index (χ0v) is 29.1. The van der Waals surface area contributed by atoms with E-state index in [1.54, 1.807) is 24.8 Å². The zero-order valence-electron chi connectivity index (χ0n) is 22.7. The summed E-state index contributed by atoms with van der Waals surface area (Å²) in [5.74, 6) is 0. The van der Waals surface area contributed by atoms with Crippen LogP contribution in [-0.2, 0) is 19.5 Å². The summed E-state index contributed by atoms with van der Waals surface area (Å²) >= 11 is 5.18. The average molecular weight is 746 g/mol. The third-order valence-corrected chi connectivity index (χ3v) is 10.0. The minimum Gasteiger partial charge on any atom is -1.00 e. The molecule has 1 radical (unpaired) electrons. The molecule has 0 bridgehead atoms. The summed E-state index contributed by atoms with van der Waals surface area (Å²) in [6, 6.07) is 29.9. The third-order valence-electron chi connectivity index (χ3n) is 4.89. The molecular weight excluding hydrogens is 712 g/mol. The first-order valence-electron chi connectivity index (χ1n) is 11.9. The maximum atomic E-state index is 8.60. The van der Waals surface area contributed by atoms with Crippen LogP contribution in [0.5, 0.6) is 0 Å². The van der Waals surface area contributed by atoms with Crippen LogP contribution in [0, 0.1) is 29.8 Å². The van der Waals surface area contributed by atoms with Gasteiger partial charge in [-0.25, -0.2) is 0 Å². The Labute approximate surface area is 278 Å². The van der Waals surface area contributed by atoms with Gasteiger partial charge in [-0.2, -0.15) is 11.6 Å². The number of halogens is 5. The van der Waals surface area contributed by atoms with E-state index in [-0.39, 0.29) is 52.2 Å². The predicted octanol–water partition coefficient (Wildman–Crippen LogP) is 1.97. The minimum atomic E-state index is -0.258. The summed E-state index contributed by atoms with van der Waals surface area (Å²) in [7, 11) is 3.59. The van der Waals surface area contributed by atoms with Gasteiger partial charge in [-0.3, -0.25) is 15.4 Å². The second kappa shape index (κ2) is 24.5. The van der Waals surface area contributed by atoms with E-state index in [1.807, 2.05) is 92.9 Å².